The van der Waals surface area contributed by atoms with Crippen molar-refractivity contribution in [2.75, 3.05) is 5.43 Å². The molecule has 0 aliphatic rings. The van der Waals surface area contributed by atoms with E-state index in [4.69, 9.17) is 0 Å². The van der Waals surface area contributed by atoms with Crippen LogP contribution in [-0.2, 0) is 0 Å². The predicted octanol–water partition coefficient (Wildman–Crippen LogP) is 3.46. The highest BCUT2D eigenvalue weighted by atomic mass is 15.3. The Morgan fingerprint density at radius 1 is 1.39 bits per heavy atom. The Kier molecular flexibility index (Phi) is 3.87. The Hall–Kier alpha value is -1.97. The third-order valence-electron chi connectivity index (χ3n) is 3.23. The number of nitrogens with zero attached hydrogens (tertiary/aromatic N) is 3. The monoisotopic (exact) mass is 242 g/mol. The summed E-state index contributed by atoms with van der Waals surface area (Å²) in [6, 6.07) is 8.00. The van der Waals surface area contributed by atoms with Gasteiger partial charge in [-0.2, -0.15) is 10.2 Å². The predicted molar refractivity (Wildman–Crippen MR) is 75.7 cm³/mol. The van der Waals surface area contributed by atoms with Crippen molar-refractivity contribution in [2.24, 2.45) is 11.0 Å². The van der Waals surface area contributed by atoms with Crippen molar-refractivity contribution in [3.05, 3.63) is 30.5 Å². The zero-order chi connectivity index (χ0) is 13.0. The molecule has 0 radical (unpaired) electrons. The molecular weight excluding hydrogens is 224 g/mol. The van der Waals surface area contributed by atoms with Crippen LogP contribution in [0.5, 0.6) is 0 Å². The van der Waals surface area contributed by atoms with E-state index in [0.29, 0.717) is 11.7 Å². The molecular formula is C14H18N4. The first-order valence-electron chi connectivity index (χ1n) is 6.23. The first-order valence-corrected chi connectivity index (χ1v) is 6.23. The van der Waals surface area contributed by atoms with Gasteiger partial charge < -0.3 is 0 Å². The highest BCUT2D eigenvalue weighted by Crippen LogP contribution is 2.19. The first-order chi connectivity index (χ1) is 8.72. The van der Waals surface area contributed by atoms with Crippen LogP contribution in [0.3, 0.4) is 0 Å². The largest absolute Gasteiger partial charge is 0.259 e. The SMILES string of the molecule is CCC(C)/C(C)=N\Nc1nncc2ccccc12. The van der Waals surface area contributed by atoms with Crippen molar-refractivity contribution in [2.45, 2.75) is 27.2 Å². The molecule has 1 N–H and O–H groups in total. The summed E-state index contributed by atoms with van der Waals surface area (Å²) in [4.78, 5) is 0. The van der Waals surface area contributed by atoms with Crippen molar-refractivity contribution in [1.82, 2.24) is 10.2 Å². The maximum absolute atomic E-state index is 4.38. The molecule has 1 atom stereocenters. The van der Waals surface area contributed by atoms with E-state index in [2.05, 4.69) is 34.6 Å². The molecule has 1 aromatic carbocycles. The van der Waals surface area contributed by atoms with Crippen LogP contribution in [0.4, 0.5) is 5.82 Å². The van der Waals surface area contributed by atoms with Gasteiger partial charge in [0.05, 0.1) is 6.20 Å². The Bertz CT molecular complexity index is 557. The second-order valence-corrected chi connectivity index (χ2v) is 4.45. The van der Waals surface area contributed by atoms with E-state index >= 15 is 0 Å². The number of anilines is 1. The fourth-order valence-corrected chi connectivity index (χ4v) is 1.66. The van der Waals surface area contributed by atoms with Crippen LogP contribution < -0.4 is 5.43 Å². The number of fused-ring (bicyclic) bond motifs is 1. The Morgan fingerprint density at radius 3 is 2.94 bits per heavy atom. The van der Waals surface area contributed by atoms with Crippen molar-refractivity contribution in [3.63, 3.8) is 0 Å². The van der Waals surface area contributed by atoms with Gasteiger partial charge in [0.15, 0.2) is 5.82 Å². The molecule has 0 aliphatic heterocycles. The molecule has 0 aliphatic carbocycles. The second kappa shape index (κ2) is 5.58. The summed E-state index contributed by atoms with van der Waals surface area (Å²) in [7, 11) is 0. The van der Waals surface area contributed by atoms with E-state index in [0.717, 1.165) is 22.9 Å². The van der Waals surface area contributed by atoms with Gasteiger partial charge in [0.1, 0.15) is 0 Å². The van der Waals surface area contributed by atoms with Crippen LogP contribution in [0.15, 0.2) is 35.6 Å². The second-order valence-electron chi connectivity index (χ2n) is 4.45. The summed E-state index contributed by atoms with van der Waals surface area (Å²) < 4.78 is 0. The molecule has 0 spiro atoms. The molecule has 4 heteroatoms. The highest BCUT2D eigenvalue weighted by molar-refractivity contribution is 5.91. The summed E-state index contributed by atoms with van der Waals surface area (Å²) in [5.74, 6) is 1.18. The van der Waals surface area contributed by atoms with Gasteiger partial charge in [-0.3, -0.25) is 5.43 Å². The van der Waals surface area contributed by atoms with Gasteiger partial charge in [0.25, 0.3) is 0 Å². The van der Waals surface area contributed by atoms with Gasteiger partial charge in [-0.1, -0.05) is 38.1 Å². The minimum Gasteiger partial charge on any atom is -0.259 e. The molecule has 0 saturated carbocycles. The van der Waals surface area contributed by atoms with E-state index in [9.17, 15) is 0 Å². The van der Waals surface area contributed by atoms with Crippen LogP contribution in [0.1, 0.15) is 27.2 Å². The lowest BCUT2D eigenvalue weighted by molar-refractivity contribution is 0.734. The van der Waals surface area contributed by atoms with Crippen LogP contribution in [0.2, 0.25) is 0 Å². The van der Waals surface area contributed by atoms with Crippen LogP contribution >= 0.6 is 0 Å². The first kappa shape index (κ1) is 12.5. The summed E-state index contributed by atoms with van der Waals surface area (Å²) in [5.41, 5.74) is 4.09. The maximum atomic E-state index is 4.38. The van der Waals surface area contributed by atoms with Crippen molar-refractivity contribution >= 4 is 22.3 Å². The molecule has 0 fully saturated rings. The number of hydrogen-bond donors (Lipinski definition) is 1. The minimum atomic E-state index is 0.473. The van der Waals surface area contributed by atoms with Gasteiger partial charge in [0, 0.05) is 16.5 Å². The van der Waals surface area contributed by atoms with Crippen LogP contribution in [0, 0.1) is 5.92 Å². The van der Waals surface area contributed by atoms with Crippen molar-refractivity contribution in [3.8, 4) is 0 Å². The summed E-state index contributed by atoms with van der Waals surface area (Å²) in [5, 5.41) is 14.5. The maximum Gasteiger partial charge on any atom is 0.176 e. The fourth-order valence-electron chi connectivity index (χ4n) is 1.66. The van der Waals surface area contributed by atoms with Crippen molar-refractivity contribution in [1.29, 1.82) is 0 Å². The lowest BCUT2D eigenvalue weighted by Gasteiger charge is -2.09. The third-order valence-corrected chi connectivity index (χ3v) is 3.23. The molecule has 0 amide bonds. The van der Waals surface area contributed by atoms with Gasteiger partial charge in [0.2, 0.25) is 0 Å². The van der Waals surface area contributed by atoms with E-state index in [1.54, 1.807) is 6.20 Å². The molecule has 1 unspecified atom stereocenters. The standard InChI is InChI=1S/C14H18N4/c1-4-10(2)11(3)16-18-14-13-8-6-5-7-12(13)9-15-17-14/h5-10H,4H2,1-3H3,(H,17,18)/b16-11-. The smallest absolute Gasteiger partial charge is 0.176 e. The molecule has 0 bridgehead atoms. The quantitative estimate of drug-likeness (QED) is 0.659. The summed E-state index contributed by atoms with van der Waals surface area (Å²) in [6.07, 6.45) is 2.84. The minimum absolute atomic E-state index is 0.473. The normalized spacial score (nSPS) is 13.6. The molecule has 18 heavy (non-hydrogen) atoms. The van der Waals surface area contributed by atoms with Gasteiger partial charge in [-0.15, -0.1) is 5.10 Å². The zero-order valence-electron chi connectivity index (χ0n) is 11.0. The van der Waals surface area contributed by atoms with Crippen LogP contribution in [-0.4, -0.2) is 15.9 Å². The van der Waals surface area contributed by atoms with E-state index in [-0.39, 0.29) is 0 Å². The number of hydrazone groups is 1. The topological polar surface area (TPSA) is 50.2 Å². The highest BCUT2D eigenvalue weighted by Gasteiger charge is 2.04. The fraction of sp³-hybridized carbons (Fsp3) is 0.357. The number of benzene rings is 1. The average molecular weight is 242 g/mol. The Labute approximate surface area is 107 Å². The van der Waals surface area contributed by atoms with E-state index < -0.39 is 0 Å². The Morgan fingerprint density at radius 2 is 2.17 bits per heavy atom. The zero-order valence-corrected chi connectivity index (χ0v) is 11.0. The van der Waals surface area contributed by atoms with Gasteiger partial charge in [-0.25, -0.2) is 0 Å². The number of rotatable bonds is 4. The lowest BCUT2D eigenvalue weighted by Crippen LogP contribution is -2.08. The summed E-state index contributed by atoms with van der Waals surface area (Å²) in [6.45, 7) is 6.34. The molecule has 94 valence electrons. The van der Waals surface area contributed by atoms with Gasteiger partial charge >= 0.3 is 0 Å². The van der Waals surface area contributed by atoms with E-state index in [1.807, 2.05) is 31.2 Å². The molecule has 2 aromatic rings. The number of hydrogen-bond acceptors (Lipinski definition) is 4. The molecule has 2 rings (SSSR count). The number of aromatic nitrogens is 2. The molecule has 0 saturated heterocycles. The molecule has 1 aromatic heterocycles. The van der Waals surface area contributed by atoms with Gasteiger partial charge in [-0.05, 0) is 19.3 Å². The average Bonchev–Trinajstić information content (AvgIpc) is 2.43. The molecule has 4 nitrogen and oxygen atoms in total. The number of nitrogens with one attached hydrogen (secondary N) is 1. The van der Waals surface area contributed by atoms with Crippen molar-refractivity contribution < 1.29 is 0 Å². The van der Waals surface area contributed by atoms with Crippen LogP contribution in [0.25, 0.3) is 10.8 Å². The molecule has 1 heterocycles. The lowest BCUT2D eigenvalue weighted by atomic mass is 10.1. The van der Waals surface area contributed by atoms with E-state index in [1.165, 1.54) is 0 Å². The Balaban J connectivity index is 2.27. The third kappa shape index (κ3) is 2.64. The summed E-state index contributed by atoms with van der Waals surface area (Å²) >= 11 is 0.